The fourth-order valence-corrected chi connectivity index (χ4v) is 6.36. The van der Waals surface area contributed by atoms with E-state index in [2.05, 4.69) is 80.8 Å². The van der Waals surface area contributed by atoms with Crippen LogP contribution in [0.1, 0.15) is 0 Å². The summed E-state index contributed by atoms with van der Waals surface area (Å²) in [4.78, 5) is 19.7. The normalized spacial score (nSPS) is 11.6. The minimum Gasteiger partial charge on any atom is -0.307 e. The largest absolute Gasteiger partial charge is 0.307 e. The molecule has 4 heterocycles. The minimum absolute atomic E-state index is 0.553. The topological polar surface area (TPSA) is 61.4 Å². The lowest BCUT2D eigenvalue weighted by atomic mass is 10.1. The molecule has 0 aliphatic carbocycles. The highest BCUT2D eigenvalue weighted by molar-refractivity contribution is 6.14. The van der Waals surface area contributed by atoms with Crippen molar-refractivity contribution in [2.75, 3.05) is 0 Å². The third-order valence-electron chi connectivity index (χ3n) is 8.28. The number of nitrogens with zero attached hydrogens (tertiary/aromatic N) is 6. The zero-order chi connectivity index (χ0) is 29.0. The van der Waals surface area contributed by atoms with Crippen LogP contribution in [0, 0.1) is 0 Å². The van der Waals surface area contributed by atoms with Crippen molar-refractivity contribution in [3.63, 3.8) is 0 Å². The van der Waals surface area contributed by atoms with Crippen molar-refractivity contribution >= 4 is 43.6 Å². The monoisotopic (exact) mass is 564 g/mol. The molecule has 4 aromatic heterocycles. The SMILES string of the molecule is c1ccc(-c2nc(-c3ccccc3)nc(-n3c4ccncc4c4cccc(-n5c6ccccc6c6ccccc65)c43)n2)cc1. The molecule has 0 aliphatic heterocycles. The molecule has 9 rings (SSSR count). The fraction of sp³-hybridized carbons (Fsp3) is 0. The molecule has 0 aliphatic rings. The van der Waals surface area contributed by atoms with Gasteiger partial charge in [-0.05, 0) is 24.3 Å². The highest BCUT2D eigenvalue weighted by Gasteiger charge is 2.22. The first-order valence-corrected chi connectivity index (χ1v) is 14.6. The van der Waals surface area contributed by atoms with Crippen LogP contribution in [0.15, 0.2) is 146 Å². The van der Waals surface area contributed by atoms with Gasteiger partial charge >= 0.3 is 0 Å². The molecule has 0 unspecified atom stereocenters. The Kier molecular flexibility index (Phi) is 5.40. The summed E-state index contributed by atoms with van der Waals surface area (Å²) in [5, 5.41) is 4.54. The lowest BCUT2D eigenvalue weighted by molar-refractivity contribution is 0.949. The Bertz CT molecular complexity index is 2380. The molecule has 0 radical (unpaired) electrons. The zero-order valence-corrected chi connectivity index (χ0v) is 23.5. The van der Waals surface area contributed by atoms with Crippen molar-refractivity contribution in [3.8, 4) is 34.4 Å². The molecule has 0 saturated heterocycles. The summed E-state index contributed by atoms with van der Waals surface area (Å²) in [6.45, 7) is 0. The van der Waals surface area contributed by atoms with E-state index in [-0.39, 0.29) is 0 Å². The van der Waals surface area contributed by atoms with Crippen LogP contribution in [0.5, 0.6) is 0 Å². The van der Waals surface area contributed by atoms with E-state index >= 15 is 0 Å². The minimum atomic E-state index is 0.553. The van der Waals surface area contributed by atoms with E-state index in [1.165, 1.54) is 10.8 Å². The van der Waals surface area contributed by atoms with Gasteiger partial charge in [0.2, 0.25) is 5.95 Å². The highest BCUT2D eigenvalue weighted by atomic mass is 15.2. The molecule has 0 atom stereocenters. The lowest BCUT2D eigenvalue weighted by Crippen LogP contribution is -2.08. The van der Waals surface area contributed by atoms with Gasteiger partial charge in [-0.3, -0.25) is 9.55 Å². The van der Waals surface area contributed by atoms with Gasteiger partial charge in [-0.15, -0.1) is 0 Å². The van der Waals surface area contributed by atoms with Gasteiger partial charge in [0, 0.05) is 45.1 Å². The predicted molar refractivity (Wildman–Crippen MR) is 177 cm³/mol. The average molecular weight is 565 g/mol. The average Bonchev–Trinajstić information content (AvgIpc) is 3.62. The number of para-hydroxylation sites is 3. The molecule has 0 saturated carbocycles. The predicted octanol–water partition coefficient (Wildman–Crippen LogP) is 8.79. The molecule has 0 fully saturated rings. The van der Waals surface area contributed by atoms with Gasteiger partial charge in [0.1, 0.15) is 0 Å². The first-order chi connectivity index (χ1) is 21.8. The summed E-state index contributed by atoms with van der Waals surface area (Å²) >= 11 is 0. The van der Waals surface area contributed by atoms with Crippen molar-refractivity contribution in [2.45, 2.75) is 0 Å². The van der Waals surface area contributed by atoms with Crippen LogP contribution >= 0.6 is 0 Å². The highest BCUT2D eigenvalue weighted by Crippen LogP contribution is 2.39. The molecule has 206 valence electrons. The van der Waals surface area contributed by atoms with Crippen LogP contribution in [0.25, 0.3) is 78.0 Å². The number of benzene rings is 5. The Balaban J connectivity index is 1.43. The van der Waals surface area contributed by atoms with Gasteiger partial charge < -0.3 is 4.57 Å². The van der Waals surface area contributed by atoms with Crippen molar-refractivity contribution in [1.82, 2.24) is 29.1 Å². The van der Waals surface area contributed by atoms with Crippen molar-refractivity contribution in [2.24, 2.45) is 0 Å². The van der Waals surface area contributed by atoms with Crippen LogP contribution in [-0.2, 0) is 0 Å². The summed E-state index contributed by atoms with van der Waals surface area (Å²) in [7, 11) is 0. The molecule has 0 N–H and O–H groups in total. The van der Waals surface area contributed by atoms with Gasteiger partial charge in [0.05, 0.1) is 27.8 Å². The second-order valence-electron chi connectivity index (χ2n) is 10.8. The molecule has 0 spiro atoms. The Morgan fingerprint density at radius 2 is 0.955 bits per heavy atom. The van der Waals surface area contributed by atoms with E-state index in [1.54, 1.807) is 0 Å². The molecule has 0 bridgehead atoms. The maximum Gasteiger partial charge on any atom is 0.238 e. The third-order valence-corrected chi connectivity index (χ3v) is 8.28. The van der Waals surface area contributed by atoms with Gasteiger partial charge in [0.15, 0.2) is 11.6 Å². The summed E-state index contributed by atoms with van der Waals surface area (Å²) in [5.74, 6) is 1.79. The number of hydrogen-bond acceptors (Lipinski definition) is 4. The van der Waals surface area contributed by atoms with Crippen molar-refractivity contribution < 1.29 is 0 Å². The quantitative estimate of drug-likeness (QED) is 0.214. The molecular weight excluding hydrogens is 540 g/mol. The van der Waals surface area contributed by atoms with Crippen LogP contribution in [-0.4, -0.2) is 29.1 Å². The molecular formula is C38H24N6. The Morgan fingerprint density at radius 1 is 0.409 bits per heavy atom. The van der Waals surface area contributed by atoms with Crippen molar-refractivity contribution in [3.05, 3.63) is 146 Å². The Hall–Kier alpha value is -6.14. The first-order valence-electron chi connectivity index (χ1n) is 14.6. The van der Waals surface area contributed by atoms with Gasteiger partial charge in [-0.25, -0.2) is 4.98 Å². The molecule has 6 nitrogen and oxygen atoms in total. The van der Waals surface area contributed by atoms with Crippen LogP contribution in [0.4, 0.5) is 0 Å². The second kappa shape index (κ2) is 9.71. The van der Waals surface area contributed by atoms with Crippen LogP contribution in [0.2, 0.25) is 0 Å². The van der Waals surface area contributed by atoms with Crippen molar-refractivity contribution in [1.29, 1.82) is 0 Å². The molecule has 0 amide bonds. The molecule has 6 heteroatoms. The fourth-order valence-electron chi connectivity index (χ4n) is 6.36. The first kappa shape index (κ1) is 24.5. The smallest absolute Gasteiger partial charge is 0.238 e. The summed E-state index contributed by atoms with van der Waals surface area (Å²) < 4.78 is 4.53. The van der Waals surface area contributed by atoms with E-state index < -0.39 is 0 Å². The van der Waals surface area contributed by atoms with Gasteiger partial charge in [-0.2, -0.15) is 9.97 Å². The van der Waals surface area contributed by atoms with Crippen LogP contribution < -0.4 is 0 Å². The number of aromatic nitrogens is 6. The number of fused-ring (bicyclic) bond motifs is 6. The molecule has 44 heavy (non-hydrogen) atoms. The van der Waals surface area contributed by atoms with Gasteiger partial charge in [-0.1, -0.05) is 109 Å². The summed E-state index contributed by atoms with van der Waals surface area (Å²) in [6.07, 6.45) is 3.76. The summed E-state index contributed by atoms with van der Waals surface area (Å²) in [6, 6.07) is 45.8. The van der Waals surface area contributed by atoms with E-state index in [9.17, 15) is 0 Å². The Morgan fingerprint density at radius 3 is 1.59 bits per heavy atom. The lowest BCUT2D eigenvalue weighted by Gasteiger charge is -2.14. The summed E-state index contributed by atoms with van der Waals surface area (Å²) in [5.41, 5.74) is 7.16. The number of hydrogen-bond donors (Lipinski definition) is 0. The van der Waals surface area contributed by atoms with E-state index in [0.29, 0.717) is 17.6 Å². The third kappa shape index (κ3) is 3.68. The van der Waals surface area contributed by atoms with E-state index in [4.69, 9.17) is 15.0 Å². The van der Waals surface area contributed by atoms with Gasteiger partial charge in [0.25, 0.3) is 0 Å². The Labute approximate surface area is 252 Å². The second-order valence-corrected chi connectivity index (χ2v) is 10.8. The van der Waals surface area contributed by atoms with Crippen LogP contribution in [0.3, 0.4) is 0 Å². The van der Waals surface area contributed by atoms with E-state index in [1.807, 2.05) is 79.1 Å². The maximum absolute atomic E-state index is 5.13. The molecule has 9 aromatic rings. The molecule has 5 aromatic carbocycles. The standard InChI is InChI=1S/C38H24N6/c1-3-12-25(13-4-1)36-40-37(26-14-5-2-6-15-26)42-38(41-36)44-33-22-23-39-24-30(33)29-18-11-21-34(35(29)44)43-31-19-9-7-16-27(31)28-17-8-10-20-32(28)43/h1-24H. The number of rotatable bonds is 4. The number of pyridine rings is 1. The maximum atomic E-state index is 5.13. The van der Waals surface area contributed by atoms with E-state index in [0.717, 1.165) is 49.7 Å². The zero-order valence-electron chi connectivity index (χ0n) is 23.5.